The van der Waals surface area contributed by atoms with Crippen LogP contribution in [-0.4, -0.2) is 12.8 Å². The van der Waals surface area contributed by atoms with E-state index in [1.54, 1.807) is 19.2 Å². The molecule has 64 valence electrons. The van der Waals surface area contributed by atoms with Gasteiger partial charge in [-0.15, -0.1) is 0 Å². The average molecular weight is 161 g/mol. The van der Waals surface area contributed by atoms with Crippen LogP contribution in [0.15, 0.2) is 54.1 Å². The first kappa shape index (κ1) is 10.6. The number of aliphatic imine (C=N–C) groups is 1. The summed E-state index contributed by atoms with van der Waals surface area (Å²) in [6.45, 7) is 9.28. The molecule has 0 aromatic heterocycles. The summed E-state index contributed by atoms with van der Waals surface area (Å²) >= 11 is 0. The zero-order valence-electron chi connectivity index (χ0n) is 7.75. The minimum atomic E-state index is 0.882. The van der Waals surface area contributed by atoms with Gasteiger partial charge in [0, 0.05) is 7.05 Å². The van der Waals surface area contributed by atoms with Crippen molar-refractivity contribution in [2.75, 3.05) is 7.05 Å². The van der Waals surface area contributed by atoms with E-state index < -0.39 is 0 Å². The Morgan fingerprint density at radius 1 is 1.33 bits per heavy atom. The Bertz CT molecular complexity index is 242. The number of hydrogen-bond donors (Lipinski definition) is 0. The van der Waals surface area contributed by atoms with E-state index in [9.17, 15) is 0 Å². The molecule has 0 fully saturated rings. The van der Waals surface area contributed by atoms with Crippen molar-refractivity contribution in [3.8, 4) is 0 Å². The van der Waals surface area contributed by atoms with Crippen molar-refractivity contribution in [1.82, 2.24) is 0 Å². The van der Waals surface area contributed by atoms with Gasteiger partial charge in [0.15, 0.2) is 0 Å². The zero-order chi connectivity index (χ0) is 9.40. The molecule has 0 saturated heterocycles. The first-order valence-electron chi connectivity index (χ1n) is 3.85. The normalized spacial score (nSPS) is 13.5. The molecule has 0 unspecified atom stereocenters. The zero-order valence-corrected chi connectivity index (χ0v) is 7.75. The molecule has 0 amide bonds. The van der Waals surface area contributed by atoms with Crippen LogP contribution in [0.4, 0.5) is 0 Å². The predicted octanol–water partition coefficient (Wildman–Crippen LogP) is 2.93. The fraction of sp³-hybridized carbons (Fsp3) is 0.182. The second-order valence-electron chi connectivity index (χ2n) is 2.17. The van der Waals surface area contributed by atoms with Gasteiger partial charge >= 0.3 is 0 Å². The number of hydrogen-bond acceptors (Lipinski definition) is 1. The lowest BCUT2D eigenvalue weighted by Gasteiger charge is -1.98. The van der Waals surface area contributed by atoms with Crippen molar-refractivity contribution in [2.24, 2.45) is 4.99 Å². The molecule has 0 atom stereocenters. The molecule has 0 saturated carbocycles. The third kappa shape index (κ3) is 3.15. The standard InChI is InChI=1S/C11H15N/c1-5-8-10(9-6-2)11(7-3)12-4/h5-9H,1,3H2,2,4H3/b9-6-,10-8-,12-11?. The molecule has 0 N–H and O–H groups in total. The van der Waals surface area contributed by atoms with Gasteiger partial charge in [-0.2, -0.15) is 0 Å². The maximum absolute atomic E-state index is 4.08. The van der Waals surface area contributed by atoms with Crippen molar-refractivity contribution in [3.63, 3.8) is 0 Å². The summed E-state index contributed by atoms with van der Waals surface area (Å²) in [6.07, 6.45) is 9.32. The van der Waals surface area contributed by atoms with Crippen LogP contribution in [0.1, 0.15) is 6.92 Å². The van der Waals surface area contributed by atoms with Crippen molar-refractivity contribution in [1.29, 1.82) is 0 Å². The summed E-state index contributed by atoms with van der Waals surface area (Å²) in [5, 5.41) is 0. The Labute approximate surface area is 74.5 Å². The highest BCUT2D eigenvalue weighted by Crippen LogP contribution is 2.02. The summed E-state index contributed by atoms with van der Waals surface area (Å²) in [6, 6.07) is 0. The van der Waals surface area contributed by atoms with Crippen LogP contribution in [0, 0.1) is 0 Å². The minimum absolute atomic E-state index is 0.882. The van der Waals surface area contributed by atoms with Gasteiger partial charge in [-0.25, -0.2) is 0 Å². The Balaban J connectivity index is 4.84. The summed E-state index contributed by atoms with van der Waals surface area (Å²) in [4.78, 5) is 4.08. The van der Waals surface area contributed by atoms with Gasteiger partial charge in [-0.05, 0) is 18.6 Å². The van der Waals surface area contributed by atoms with Crippen molar-refractivity contribution < 1.29 is 0 Å². The fourth-order valence-electron chi connectivity index (χ4n) is 0.871. The molecule has 0 aliphatic rings. The van der Waals surface area contributed by atoms with Crippen LogP contribution in [0.5, 0.6) is 0 Å². The van der Waals surface area contributed by atoms with Crippen molar-refractivity contribution in [3.05, 3.63) is 49.1 Å². The Kier molecular flexibility index (Phi) is 5.62. The van der Waals surface area contributed by atoms with Crippen molar-refractivity contribution in [2.45, 2.75) is 6.92 Å². The highest BCUT2D eigenvalue weighted by atomic mass is 14.7. The van der Waals surface area contributed by atoms with Gasteiger partial charge in [0.05, 0.1) is 5.71 Å². The molecule has 1 nitrogen and oxygen atoms in total. The second kappa shape index (κ2) is 6.35. The topological polar surface area (TPSA) is 12.4 Å². The molecular weight excluding hydrogens is 146 g/mol. The molecule has 0 aromatic carbocycles. The smallest absolute Gasteiger partial charge is 0.0637 e. The molecule has 0 radical (unpaired) electrons. The molecule has 0 heterocycles. The summed E-state index contributed by atoms with van der Waals surface area (Å²) < 4.78 is 0. The first-order valence-corrected chi connectivity index (χ1v) is 3.85. The molecule has 0 aromatic rings. The monoisotopic (exact) mass is 161 g/mol. The summed E-state index contributed by atoms with van der Waals surface area (Å²) in [5.74, 6) is 0. The largest absolute Gasteiger partial charge is 0.288 e. The molecule has 0 bridgehead atoms. The van der Waals surface area contributed by atoms with Gasteiger partial charge in [-0.1, -0.05) is 37.5 Å². The van der Waals surface area contributed by atoms with Crippen LogP contribution in [0.25, 0.3) is 0 Å². The van der Waals surface area contributed by atoms with Crippen molar-refractivity contribution >= 4 is 5.71 Å². The maximum Gasteiger partial charge on any atom is 0.0637 e. The molecule has 0 spiro atoms. The number of allylic oxidation sites excluding steroid dienone is 6. The fourth-order valence-corrected chi connectivity index (χ4v) is 0.871. The van der Waals surface area contributed by atoms with Gasteiger partial charge in [-0.3, -0.25) is 4.99 Å². The van der Waals surface area contributed by atoms with Crippen LogP contribution < -0.4 is 0 Å². The van der Waals surface area contributed by atoms with Gasteiger partial charge in [0.25, 0.3) is 0 Å². The van der Waals surface area contributed by atoms with E-state index in [1.165, 1.54) is 0 Å². The third-order valence-corrected chi connectivity index (χ3v) is 1.37. The lowest BCUT2D eigenvalue weighted by atomic mass is 10.1. The highest BCUT2D eigenvalue weighted by molar-refractivity contribution is 6.10. The molecular formula is C11H15N. The quantitative estimate of drug-likeness (QED) is 0.444. The number of rotatable bonds is 4. The lowest BCUT2D eigenvalue weighted by molar-refractivity contribution is 1.44. The second-order valence-corrected chi connectivity index (χ2v) is 2.17. The molecule has 12 heavy (non-hydrogen) atoms. The van der Waals surface area contributed by atoms with E-state index >= 15 is 0 Å². The van der Waals surface area contributed by atoms with Crippen LogP contribution in [0.2, 0.25) is 0 Å². The molecule has 0 rings (SSSR count). The SMILES string of the molecule is C=C/C=C(/C=C\C)C(C=C)=NC. The van der Waals surface area contributed by atoms with Gasteiger partial charge in [0.2, 0.25) is 0 Å². The van der Waals surface area contributed by atoms with E-state index in [0.29, 0.717) is 0 Å². The van der Waals surface area contributed by atoms with E-state index in [2.05, 4.69) is 18.2 Å². The average Bonchev–Trinajstić information content (AvgIpc) is 2.07. The van der Waals surface area contributed by atoms with E-state index in [4.69, 9.17) is 0 Å². The summed E-state index contributed by atoms with van der Waals surface area (Å²) in [5.41, 5.74) is 1.91. The lowest BCUT2D eigenvalue weighted by Crippen LogP contribution is -1.95. The summed E-state index contributed by atoms with van der Waals surface area (Å²) in [7, 11) is 1.75. The predicted molar refractivity (Wildman–Crippen MR) is 56.7 cm³/mol. The first-order chi connectivity index (χ1) is 5.79. The van der Waals surface area contributed by atoms with E-state index in [0.717, 1.165) is 11.3 Å². The maximum atomic E-state index is 4.08. The molecule has 1 heteroatoms. The molecule has 0 aliphatic carbocycles. The molecule has 0 aliphatic heterocycles. The van der Waals surface area contributed by atoms with E-state index in [1.807, 2.05) is 25.2 Å². The van der Waals surface area contributed by atoms with E-state index in [-0.39, 0.29) is 0 Å². The van der Waals surface area contributed by atoms with Gasteiger partial charge in [0.1, 0.15) is 0 Å². The Hall–Kier alpha value is -1.37. The number of nitrogens with zero attached hydrogens (tertiary/aromatic N) is 1. The highest BCUT2D eigenvalue weighted by Gasteiger charge is 1.95. The third-order valence-electron chi connectivity index (χ3n) is 1.37. The minimum Gasteiger partial charge on any atom is -0.288 e. The Morgan fingerprint density at radius 2 is 2.00 bits per heavy atom. The van der Waals surface area contributed by atoms with Crippen LogP contribution in [0.3, 0.4) is 0 Å². The van der Waals surface area contributed by atoms with Crippen LogP contribution in [-0.2, 0) is 0 Å². The van der Waals surface area contributed by atoms with Gasteiger partial charge < -0.3 is 0 Å². The van der Waals surface area contributed by atoms with Crippen LogP contribution >= 0.6 is 0 Å². The Morgan fingerprint density at radius 3 is 2.33 bits per heavy atom.